The van der Waals surface area contributed by atoms with Crippen LogP contribution in [0.5, 0.6) is 0 Å². The van der Waals surface area contributed by atoms with Gasteiger partial charge in [0.2, 0.25) is 0 Å². The maximum absolute atomic E-state index is 4.66. The number of imidazole rings is 1. The Balaban J connectivity index is 1.42. The molecule has 0 spiro atoms. The van der Waals surface area contributed by atoms with Crippen LogP contribution in [0.2, 0.25) is 0 Å². The topological polar surface area (TPSA) is 51.2 Å². The van der Waals surface area contributed by atoms with E-state index in [0.29, 0.717) is 0 Å². The Morgan fingerprint density at radius 1 is 1.20 bits per heavy atom. The van der Waals surface area contributed by atoms with Gasteiger partial charge in [0.05, 0.1) is 6.20 Å². The van der Waals surface area contributed by atoms with Crippen LogP contribution in [0.3, 0.4) is 0 Å². The van der Waals surface area contributed by atoms with Gasteiger partial charge in [-0.1, -0.05) is 6.92 Å². The quantitative estimate of drug-likeness (QED) is 0.717. The summed E-state index contributed by atoms with van der Waals surface area (Å²) in [6.45, 7) is 7.50. The molecule has 0 unspecified atom stereocenters. The Morgan fingerprint density at radius 3 is 2.76 bits per heavy atom. The first-order valence-electron chi connectivity index (χ1n) is 9.31. The number of nitrogens with zero attached hydrogens (tertiary/aromatic N) is 6. The number of aryl methyl sites for hydroxylation is 3. The van der Waals surface area contributed by atoms with E-state index in [9.17, 15) is 0 Å². The number of fused-ring (bicyclic) bond motifs is 1. The highest BCUT2D eigenvalue weighted by Gasteiger charge is 2.22. The molecule has 0 radical (unpaired) electrons. The van der Waals surface area contributed by atoms with Crippen LogP contribution >= 0.6 is 0 Å². The second kappa shape index (κ2) is 6.86. The van der Waals surface area contributed by atoms with Crippen LogP contribution in [-0.2, 0) is 13.0 Å². The van der Waals surface area contributed by atoms with E-state index < -0.39 is 0 Å². The summed E-state index contributed by atoms with van der Waals surface area (Å²) in [7, 11) is 0. The molecular weight excluding hydrogens is 312 g/mol. The molecule has 3 aromatic heterocycles. The molecule has 4 rings (SSSR count). The lowest BCUT2D eigenvalue weighted by Crippen LogP contribution is -2.35. The minimum Gasteiger partial charge on any atom is -0.356 e. The molecule has 1 aliphatic heterocycles. The van der Waals surface area contributed by atoms with Crippen molar-refractivity contribution >= 4 is 11.5 Å². The molecule has 0 amide bonds. The standard InChI is InChI=1S/C19H26N6/c1-3-17-14-19(25-18(22-17)4-8-21-25)24-11-6-16(7-12-24)5-10-23-13-9-20-15(23)2/h4,8-9,13-14,16H,3,5-7,10-12H2,1-2H3. The van der Waals surface area contributed by atoms with Gasteiger partial charge in [0.15, 0.2) is 5.65 Å². The Morgan fingerprint density at radius 2 is 2.04 bits per heavy atom. The zero-order valence-electron chi connectivity index (χ0n) is 15.1. The zero-order valence-corrected chi connectivity index (χ0v) is 15.1. The first-order chi connectivity index (χ1) is 12.2. The molecule has 1 saturated heterocycles. The van der Waals surface area contributed by atoms with Crippen molar-refractivity contribution in [1.82, 2.24) is 24.1 Å². The molecule has 3 aromatic rings. The van der Waals surface area contributed by atoms with Gasteiger partial charge in [0.25, 0.3) is 0 Å². The summed E-state index contributed by atoms with van der Waals surface area (Å²) < 4.78 is 4.24. The van der Waals surface area contributed by atoms with E-state index in [0.717, 1.165) is 49.1 Å². The van der Waals surface area contributed by atoms with E-state index in [1.165, 1.54) is 25.1 Å². The van der Waals surface area contributed by atoms with Gasteiger partial charge in [-0.2, -0.15) is 9.61 Å². The molecule has 0 bridgehead atoms. The van der Waals surface area contributed by atoms with E-state index >= 15 is 0 Å². The lowest BCUT2D eigenvalue weighted by molar-refractivity contribution is 0.358. The predicted octanol–water partition coefficient (Wildman–Crippen LogP) is 3.10. The van der Waals surface area contributed by atoms with Gasteiger partial charge in [0.1, 0.15) is 11.6 Å². The van der Waals surface area contributed by atoms with Crippen molar-refractivity contribution in [2.45, 2.75) is 46.1 Å². The molecule has 0 atom stereocenters. The average molecular weight is 338 g/mol. The first-order valence-corrected chi connectivity index (χ1v) is 9.31. The molecule has 132 valence electrons. The van der Waals surface area contributed by atoms with Crippen molar-refractivity contribution in [3.05, 3.63) is 42.2 Å². The lowest BCUT2D eigenvalue weighted by atomic mass is 9.93. The normalized spacial score (nSPS) is 16.0. The predicted molar refractivity (Wildman–Crippen MR) is 98.9 cm³/mol. The summed E-state index contributed by atoms with van der Waals surface area (Å²) >= 11 is 0. The highest BCUT2D eigenvalue weighted by atomic mass is 15.3. The maximum Gasteiger partial charge on any atom is 0.157 e. The van der Waals surface area contributed by atoms with Gasteiger partial charge in [-0.25, -0.2) is 9.97 Å². The van der Waals surface area contributed by atoms with Crippen LogP contribution in [0.25, 0.3) is 5.65 Å². The van der Waals surface area contributed by atoms with Gasteiger partial charge in [0, 0.05) is 49.9 Å². The van der Waals surface area contributed by atoms with Crippen LogP contribution in [0.4, 0.5) is 5.82 Å². The second-order valence-electron chi connectivity index (χ2n) is 6.95. The van der Waals surface area contributed by atoms with Crippen LogP contribution in [0, 0.1) is 12.8 Å². The summed E-state index contributed by atoms with van der Waals surface area (Å²) in [6.07, 6.45) is 10.5. The van der Waals surface area contributed by atoms with Crippen LogP contribution in [0.15, 0.2) is 30.7 Å². The van der Waals surface area contributed by atoms with Gasteiger partial charge >= 0.3 is 0 Å². The zero-order chi connectivity index (χ0) is 17.2. The monoisotopic (exact) mass is 338 g/mol. The maximum atomic E-state index is 4.66. The molecule has 6 nitrogen and oxygen atoms in total. The summed E-state index contributed by atoms with van der Waals surface area (Å²) in [5.41, 5.74) is 2.09. The van der Waals surface area contributed by atoms with E-state index in [4.69, 9.17) is 0 Å². The van der Waals surface area contributed by atoms with Gasteiger partial charge in [-0.05, 0) is 38.5 Å². The SMILES string of the molecule is CCc1cc(N2CCC(CCn3ccnc3C)CC2)n2nccc2n1. The Bertz CT molecular complexity index is 841. The molecule has 1 fully saturated rings. The van der Waals surface area contributed by atoms with E-state index in [2.05, 4.69) is 50.6 Å². The molecule has 6 heteroatoms. The third-order valence-corrected chi connectivity index (χ3v) is 5.40. The molecular formula is C19H26N6. The molecule has 0 saturated carbocycles. The van der Waals surface area contributed by atoms with Crippen molar-refractivity contribution in [2.24, 2.45) is 5.92 Å². The van der Waals surface area contributed by atoms with Gasteiger partial charge in [-0.15, -0.1) is 0 Å². The minimum absolute atomic E-state index is 0.790. The summed E-state index contributed by atoms with van der Waals surface area (Å²) in [5, 5.41) is 4.47. The Labute approximate surface area is 148 Å². The number of aromatic nitrogens is 5. The third-order valence-electron chi connectivity index (χ3n) is 5.40. The Hall–Kier alpha value is -2.37. The third kappa shape index (κ3) is 3.25. The Kier molecular flexibility index (Phi) is 4.42. The van der Waals surface area contributed by atoms with Crippen molar-refractivity contribution in [2.75, 3.05) is 18.0 Å². The van der Waals surface area contributed by atoms with Gasteiger partial charge in [-0.3, -0.25) is 0 Å². The molecule has 1 aliphatic rings. The first kappa shape index (κ1) is 16.1. The van der Waals surface area contributed by atoms with Crippen molar-refractivity contribution in [3.8, 4) is 0 Å². The molecule has 0 aromatic carbocycles. The number of piperidine rings is 1. The fourth-order valence-electron chi connectivity index (χ4n) is 3.77. The fourth-order valence-corrected chi connectivity index (χ4v) is 3.77. The minimum atomic E-state index is 0.790. The number of hydrogen-bond donors (Lipinski definition) is 0. The van der Waals surface area contributed by atoms with Crippen LogP contribution in [-0.4, -0.2) is 37.2 Å². The largest absolute Gasteiger partial charge is 0.356 e. The van der Waals surface area contributed by atoms with E-state index in [-0.39, 0.29) is 0 Å². The number of anilines is 1. The van der Waals surface area contributed by atoms with Gasteiger partial charge < -0.3 is 9.47 Å². The lowest BCUT2D eigenvalue weighted by Gasteiger charge is -2.33. The van der Waals surface area contributed by atoms with Crippen LogP contribution < -0.4 is 4.90 Å². The van der Waals surface area contributed by atoms with Crippen molar-refractivity contribution in [1.29, 1.82) is 0 Å². The average Bonchev–Trinajstić information content (AvgIpc) is 3.28. The van der Waals surface area contributed by atoms with Crippen LogP contribution in [0.1, 0.15) is 37.7 Å². The summed E-state index contributed by atoms with van der Waals surface area (Å²) in [6, 6.07) is 4.19. The van der Waals surface area contributed by atoms with E-state index in [1.54, 1.807) is 0 Å². The second-order valence-corrected chi connectivity index (χ2v) is 6.95. The van der Waals surface area contributed by atoms with Crippen molar-refractivity contribution in [3.63, 3.8) is 0 Å². The van der Waals surface area contributed by atoms with Crippen molar-refractivity contribution < 1.29 is 0 Å². The highest BCUT2D eigenvalue weighted by molar-refractivity contribution is 5.51. The molecule has 0 N–H and O–H groups in total. The molecule has 4 heterocycles. The molecule has 0 aliphatic carbocycles. The van der Waals surface area contributed by atoms with E-state index in [1.807, 2.05) is 23.0 Å². The fraction of sp³-hybridized carbons (Fsp3) is 0.526. The molecule has 25 heavy (non-hydrogen) atoms. The number of rotatable bonds is 5. The highest BCUT2D eigenvalue weighted by Crippen LogP contribution is 2.26. The smallest absolute Gasteiger partial charge is 0.157 e. The summed E-state index contributed by atoms with van der Waals surface area (Å²) in [4.78, 5) is 11.4. The number of hydrogen-bond acceptors (Lipinski definition) is 4. The summed E-state index contributed by atoms with van der Waals surface area (Å²) in [5.74, 6) is 3.09.